The van der Waals surface area contributed by atoms with Gasteiger partial charge in [0.2, 0.25) is 0 Å². The third-order valence-corrected chi connectivity index (χ3v) is 3.18. The van der Waals surface area contributed by atoms with Crippen molar-refractivity contribution in [1.29, 1.82) is 0 Å². The van der Waals surface area contributed by atoms with Crippen LogP contribution >= 0.6 is 0 Å². The first-order valence-electron chi connectivity index (χ1n) is 5.86. The Hall–Kier alpha value is -1.09. The highest BCUT2D eigenvalue weighted by molar-refractivity contribution is 5.47. The van der Waals surface area contributed by atoms with E-state index in [-0.39, 0.29) is 11.9 Å². The molecule has 3 heteroatoms. The summed E-state index contributed by atoms with van der Waals surface area (Å²) in [7, 11) is 0. The first kappa shape index (κ1) is 11.4. The molecular weight excluding hydrogens is 205 g/mol. The van der Waals surface area contributed by atoms with Crippen molar-refractivity contribution in [3.63, 3.8) is 0 Å². The zero-order valence-electron chi connectivity index (χ0n) is 9.54. The Labute approximate surface area is 95.5 Å². The van der Waals surface area contributed by atoms with E-state index in [1.165, 1.54) is 0 Å². The number of nitrogens with one attached hydrogen (secondary N) is 1. The molecule has 0 bridgehead atoms. The van der Waals surface area contributed by atoms with Crippen LogP contribution in [-0.4, -0.2) is 17.3 Å². The van der Waals surface area contributed by atoms with Gasteiger partial charge in [0.15, 0.2) is 0 Å². The minimum atomic E-state index is -0.189. The van der Waals surface area contributed by atoms with Gasteiger partial charge in [-0.3, -0.25) is 0 Å². The molecular formula is C13H18FNO. The molecule has 0 heterocycles. The van der Waals surface area contributed by atoms with Gasteiger partial charge >= 0.3 is 0 Å². The van der Waals surface area contributed by atoms with Crippen LogP contribution in [-0.2, 0) is 0 Å². The molecule has 16 heavy (non-hydrogen) atoms. The van der Waals surface area contributed by atoms with Crippen molar-refractivity contribution in [1.82, 2.24) is 0 Å². The molecule has 0 radical (unpaired) electrons. The summed E-state index contributed by atoms with van der Waals surface area (Å²) >= 11 is 0. The molecule has 2 nitrogen and oxygen atoms in total. The summed E-state index contributed by atoms with van der Waals surface area (Å²) in [5.41, 5.74) is 1.51. The Bertz CT molecular complexity index is 359. The summed E-state index contributed by atoms with van der Waals surface area (Å²) < 4.78 is 13.6. The molecule has 2 N–H and O–H groups in total. The average Bonchev–Trinajstić information content (AvgIpc) is 2.25. The lowest BCUT2D eigenvalue weighted by Gasteiger charge is -2.27. The Balaban J connectivity index is 1.98. The summed E-state index contributed by atoms with van der Waals surface area (Å²) in [5, 5.41) is 12.6. The fourth-order valence-electron chi connectivity index (χ4n) is 2.18. The largest absolute Gasteiger partial charge is 0.393 e. The maximum absolute atomic E-state index is 13.6. The summed E-state index contributed by atoms with van der Waals surface area (Å²) in [4.78, 5) is 0. The van der Waals surface area contributed by atoms with Gasteiger partial charge in [-0.1, -0.05) is 6.07 Å². The number of aliphatic hydroxyl groups is 1. The number of hydrogen-bond acceptors (Lipinski definition) is 2. The number of anilines is 1. The van der Waals surface area contributed by atoms with Gasteiger partial charge in [0.05, 0.1) is 11.8 Å². The lowest BCUT2D eigenvalue weighted by Crippen LogP contribution is -2.28. The van der Waals surface area contributed by atoms with Gasteiger partial charge < -0.3 is 10.4 Å². The van der Waals surface area contributed by atoms with Crippen LogP contribution in [0.4, 0.5) is 10.1 Å². The molecule has 1 fully saturated rings. The van der Waals surface area contributed by atoms with Crippen LogP contribution in [0.3, 0.4) is 0 Å². The minimum absolute atomic E-state index is 0.166. The predicted molar refractivity (Wildman–Crippen MR) is 63.0 cm³/mol. The van der Waals surface area contributed by atoms with Gasteiger partial charge in [0.1, 0.15) is 5.82 Å². The third kappa shape index (κ3) is 2.73. The Morgan fingerprint density at radius 1 is 1.25 bits per heavy atom. The quantitative estimate of drug-likeness (QED) is 0.808. The SMILES string of the molecule is Cc1ccc(NC2CCC(O)CC2)c(F)c1. The lowest BCUT2D eigenvalue weighted by atomic mass is 9.93. The fraction of sp³-hybridized carbons (Fsp3) is 0.538. The van der Waals surface area contributed by atoms with E-state index in [4.69, 9.17) is 0 Å². The monoisotopic (exact) mass is 223 g/mol. The van der Waals surface area contributed by atoms with Crippen molar-refractivity contribution >= 4 is 5.69 Å². The predicted octanol–water partition coefficient (Wildman–Crippen LogP) is 2.85. The average molecular weight is 223 g/mol. The van der Waals surface area contributed by atoms with Crippen LogP contribution in [0.15, 0.2) is 18.2 Å². The Morgan fingerprint density at radius 3 is 2.56 bits per heavy atom. The van der Waals surface area contributed by atoms with E-state index in [1.807, 2.05) is 13.0 Å². The van der Waals surface area contributed by atoms with E-state index < -0.39 is 0 Å². The molecule has 88 valence electrons. The molecule has 1 aliphatic carbocycles. The number of aryl methyl sites for hydroxylation is 1. The van der Waals surface area contributed by atoms with Crippen LogP contribution in [0.5, 0.6) is 0 Å². The summed E-state index contributed by atoms with van der Waals surface area (Å²) in [6.07, 6.45) is 3.28. The van der Waals surface area contributed by atoms with Gasteiger partial charge in [0, 0.05) is 6.04 Å². The van der Waals surface area contributed by atoms with Crippen molar-refractivity contribution < 1.29 is 9.50 Å². The van der Waals surface area contributed by atoms with Gasteiger partial charge in [-0.2, -0.15) is 0 Å². The highest BCUT2D eigenvalue weighted by atomic mass is 19.1. The topological polar surface area (TPSA) is 32.3 Å². The molecule has 0 amide bonds. The van der Waals surface area contributed by atoms with Crippen molar-refractivity contribution in [3.8, 4) is 0 Å². The first-order valence-corrected chi connectivity index (χ1v) is 5.86. The van der Waals surface area contributed by atoms with E-state index in [9.17, 15) is 9.50 Å². The van der Waals surface area contributed by atoms with Gasteiger partial charge in [-0.25, -0.2) is 4.39 Å². The molecule has 1 saturated carbocycles. The molecule has 0 spiro atoms. The third-order valence-electron chi connectivity index (χ3n) is 3.18. The number of aliphatic hydroxyl groups excluding tert-OH is 1. The van der Waals surface area contributed by atoms with Crippen molar-refractivity contribution in [2.24, 2.45) is 0 Å². The summed E-state index contributed by atoms with van der Waals surface area (Å²) in [6.45, 7) is 1.88. The van der Waals surface area contributed by atoms with E-state index in [2.05, 4.69) is 5.32 Å². The van der Waals surface area contributed by atoms with Crippen LogP contribution in [0.2, 0.25) is 0 Å². The fourth-order valence-corrected chi connectivity index (χ4v) is 2.18. The Morgan fingerprint density at radius 2 is 1.94 bits per heavy atom. The maximum atomic E-state index is 13.6. The van der Waals surface area contributed by atoms with Crippen LogP contribution in [0.1, 0.15) is 31.2 Å². The highest BCUT2D eigenvalue weighted by Gasteiger charge is 2.19. The maximum Gasteiger partial charge on any atom is 0.146 e. The van der Waals surface area contributed by atoms with Crippen molar-refractivity contribution in [2.45, 2.75) is 44.8 Å². The van der Waals surface area contributed by atoms with Gasteiger partial charge in [-0.05, 0) is 50.3 Å². The van der Waals surface area contributed by atoms with E-state index in [1.54, 1.807) is 12.1 Å². The van der Waals surface area contributed by atoms with E-state index in [0.717, 1.165) is 31.2 Å². The van der Waals surface area contributed by atoms with Crippen molar-refractivity contribution in [3.05, 3.63) is 29.6 Å². The normalized spacial score (nSPS) is 25.4. The zero-order valence-corrected chi connectivity index (χ0v) is 9.54. The van der Waals surface area contributed by atoms with Crippen LogP contribution < -0.4 is 5.32 Å². The zero-order chi connectivity index (χ0) is 11.5. The molecule has 1 aliphatic rings. The molecule has 2 rings (SSSR count). The summed E-state index contributed by atoms with van der Waals surface area (Å²) in [5.74, 6) is -0.189. The van der Waals surface area contributed by atoms with Crippen molar-refractivity contribution in [2.75, 3.05) is 5.32 Å². The van der Waals surface area contributed by atoms with Gasteiger partial charge in [-0.15, -0.1) is 0 Å². The lowest BCUT2D eigenvalue weighted by molar-refractivity contribution is 0.126. The molecule has 1 aromatic carbocycles. The molecule has 0 unspecified atom stereocenters. The standard InChI is InChI=1S/C13H18FNO/c1-9-2-7-13(12(14)8-9)15-10-3-5-11(16)6-4-10/h2,7-8,10-11,15-16H,3-6H2,1H3. The highest BCUT2D eigenvalue weighted by Crippen LogP contribution is 2.23. The molecule has 0 atom stereocenters. The van der Waals surface area contributed by atoms with Crippen LogP contribution in [0, 0.1) is 12.7 Å². The number of benzene rings is 1. The number of rotatable bonds is 2. The second-order valence-electron chi connectivity index (χ2n) is 4.63. The number of halogens is 1. The summed E-state index contributed by atoms with van der Waals surface area (Å²) in [6, 6.07) is 5.53. The minimum Gasteiger partial charge on any atom is -0.393 e. The second kappa shape index (κ2) is 4.83. The van der Waals surface area contributed by atoms with E-state index >= 15 is 0 Å². The molecule has 0 saturated heterocycles. The first-order chi connectivity index (χ1) is 7.65. The molecule has 0 aliphatic heterocycles. The second-order valence-corrected chi connectivity index (χ2v) is 4.63. The molecule has 0 aromatic heterocycles. The van der Waals surface area contributed by atoms with Crippen LogP contribution in [0.25, 0.3) is 0 Å². The number of hydrogen-bond donors (Lipinski definition) is 2. The Kier molecular flexibility index (Phi) is 3.44. The van der Waals surface area contributed by atoms with E-state index in [0.29, 0.717) is 11.7 Å². The van der Waals surface area contributed by atoms with Gasteiger partial charge in [0.25, 0.3) is 0 Å². The molecule has 1 aromatic rings. The smallest absolute Gasteiger partial charge is 0.146 e.